The predicted molar refractivity (Wildman–Crippen MR) is 132 cm³/mol. The topological polar surface area (TPSA) is 30.0 Å². The van der Waals surface area contributed by atoms with E-state index in [2.05, 4.69) is 78.6 Å². The number of nitrogens with zero attached hydrogens (tertiary/aromatic N) is 1. The summed E-state index contributed by atoms with van der Waals surface area (Å²) in [7, 11) is -2.79. The van der Waals surface area contributed by atoms with Crippen LogP contribution in [0, 0.1) is 0 Å². The Labute approximate surface area is 182 Å². The number of aromatic nitrogens is 1. The highest BCUT2D eigenvalue weighted by Crippen LogP contribution is 2.55. The maximum Gasteiger partial charge on any atom is 0.144 e. The molecule has 0 saturated carbocycles. The minimum absolute atomic E-state index is 0.673. The van der Waals surface area contributed by atoms with E-state index in [1.165, 1.54) is 21.9 Å². The number of hydrogen-bond acceptors (Lipinski definition) is 2. The van der Waals surface area contributed by atoms with Crippen LogP contribution in [0.5, 0.6) is 0 Å². The molecule has 1 aliphatic rings. The monoisotopic (exact) mass is 419 g/mol. The highest BCUT2D eigenvalue weighted by molar-refractivity contribution is 7.79. The summed E-state index contributed by atoms with van der Waals surface area (Å²) in [5.74, 6) is 0. The fraction of sp³-hybridized carbons (Fsp3) is 0.107. The molecule has 0 aliphatic carbocycles. The molecule has 4 aromatic carbocycles. The zero-order chi connectivity index (χ0) is 21.0. The van der Waals surface area contributed by atoms with Gasteiger partial charge in [-0.05, 0) is 50.9 Å². The fourth-order valence-corrected chi connectivity index (χ4v) is 8.45. The maximum atomic E-state index is 14.8. The molecule has 1 unspecified atom stereocenters. The van der Waals surface area contributed by atoms with Crippen molar-refractivity contribution in [3.63, 3.8) is 0 Å². The Morgan fingerprint density at radius 1 is 0.677 bits per heavy atom. The van der Waals surface area contributed by atoms with E-state index in [-0.39, 0.29) is 0 Å². The van der Waals surface area contributed by atoms with Gasteiger partial charge in [0, 0.05) is 34.6 Å². The van der Waals surface area contributed by atoms with Crippen LogP contribution in [-0.2, 0) is 4.57 Å². The number of pyridine rings is 1. The van der Waals surface area contributed by atoms with E-state index in [4.69, 9.17) is 0 Å². The molecule has 31 heavy (non-hydrogen) atoms. The third kappa shape index (κ3) is 2.52. The normalized spacial score (nSPS) is 17.1. The van der Waals surface area contributed by atoms with Gasteiger partial charge in [-0.15, -0.1) is 0 Å². The van der Waals surface area contributed by atoms with E-state index in [9.17, 15) is 4.57 Å². The second-order valence-electron chi connectivity index (χ2n) is 8.21. The summed E-state index contributed by atoms with van der Waals surface area (Å²) < 4.78 is 14.8. The number of rotatable bonds is 2. The Kier molecular flexibility index (Phi) is 4.13. The van der Waals surface area contributed by atoms with Crippen molar-refractivity contribution in [1.82, 2.24) is 4.98 Å². The van der Waals surface area contributed by atoms with Gasteiger partial charge in [-0.3, -0.25) is 4.98 Å². The molecular formula is C28H22NOP. The lowest BCUT2D eigenvalue weighted by Gasteiger charge is -2.21. The lowest BCUT2D eigenvalue weighted by molar-refractivity contribution is 0.586. The standard InChI is InChI=1S/C28H22NOP/c1-2-17-31(30)25-13-7-5-11-22(25)27-20-10-4-3-9-19(20)24-18-29-16-15-21(24)28(27)23-12-6-8-14-26(23)31/h3-16,18H,2,17H2,1H3. The van der Waals surface area contributed by atoms with Crippen LogP contribution >= 0.6 is 7.14 Å². The van der Waals surface area contributed by atoms with Crippen LogP contribution in [-0.4, -0.2) is 11.1 Å². The van der Waals surface area contributed by atoms with Crippen LogP contribution in [0.4, 0.5) is 0 Å². The molecule has 3 heteroatoms. The van der Waals surface area contributed by atoms with E-state index >= 15 is 0 Å². The third-order valence-electron chi connectivity index (χ3n) is 6.49. The zero-order valence-electron chi connectivity index (χ0n) is 17.4. The molecule has 0 N–H and O–H groups in total. The summed E-state index contributed by atoms with van der Waals surface area (Å²) in [6, 6.07) is 27.3. The summed E-state index contributed by atoms with van der Waals surface area (Å²) in [5.41, 5.74) is 4.55. The molecule has 150 valence electrons. The van der Waals surface area contributed by atoms with Crippen LogP contribution in [0.3, 0.4) is 0 Å². The molecular weight excluding hydrogens is 397 g/mol. The summed E-state index contributed by atoms with van der Waals surface area (Å²) in [6.45, 7) is 2.12. The highest BCUT2D eigenvalue weighted by atomic mass is 31.2. The summed E-state index contributed by atoms with van der Waals surface area (Å²) in [4.78, 5) is 4.44. The van der Waals surface area contributed by atoms with Gasteiger partial charge in [0.05, 0.1) is 0 Å². The lowest BCUT2D eigenvalue weighted by atomic mass is 9.86. The molecule has 0 fully saturated rings. The molecule has 0 amide bonds. The molecule has 2 nitrogen and oxygen atoms in total. The van der Waals surface area contributed by atoms with E-state index in [1.54, 1.807) is 0 Å². The predicted octanol–water partition coefficient (Wildman–Crippen LogP) is 6.76. The van der Waals surface area contributed by atoms with Crippen LogP contribution in [0.15, 0.2) is 91.3 Å². The van der Waals surface area contributed by atoms with Crippen molar-refractivity contribution in [1.29, 1.82) is 0 Å². The summed E-state index contributed by atoms with van der Waals surface area (Å²) in [6.07, 6.45) is 5.37. The molecule has 0 radical (unpaired) electrons. The smallest absolute Gasteiger partial charge is 0.144 e. The number of hydrogen-bond donors (Lipinski definition) is 0. The van der Waals surface area contributed by atoms with Crippen molar-refractivity contribution < 1.29 is 4.57 Å². The first-order chi connectivity index (χ1) is 15.2. The van der Waals surface area contributed by atoms with Crippen molar-refractivity contribution in [3.8, 4) is 22.3 Å². The van der Waals surface area contributed by atoms with Gasteiger partial charge in [0.1, 0.15) is 7.14 Å². The van der Waals surface area contributed by atoms with E-state index in [1.807, 2.05) is 24.5 Å². The Hall–Kier alpha value is -3.22. The van der Waals surface area contributed by atoms with E-state index in [0.29, 0.717) is 6.16 Å². The molecule has 1 aromatic heterocycles. The second-order valence-corrected chi connectivity index (χ2v) is 11.1. The molecule has 5 aromatic rings. The highest BCUT2D eigenvalue weighted by Gasteiger charge is 2.36. The molecule has 2 heterocycles. The molecule has 6 rings (SSSR count). The average molecular weight is 419 g/mol. The largest absolute Gasteiger partial charge is 0.314 e. The van der Waals surface area contributed by atoms with E-state index in [0.717, 1.165) is 38.9 Å². The van der Waals surface area contributed by atoms with Gasteiger partial charge in [0.25, 0.3) is 0 Å². The van der Waals surface area contributed by atoms with Gasteiger partial charge in [-0.1, -0.05) is 79.7 Å². The minimum Gasteiger partial charge on any atom is -0.314 e. The number of benzene rings is 4. The first-order valence-electron chi connectivity index (χ1n) is 10.8. The van der Waals surface area contributed by atoms with Crippen molar-refractivity contribution in [2.75, 3.05) is 6.16 Å². The van der Waals surface area contributed by atoms with Crippen molar-refractivity contribution in [3.05, 3.63) is 91.3 Å². The second kappa shape index (κ2) is 6.90. The van der Waals surface area contributed by atoms with Gasteiger partial charge in [0.15, 0.2) is 0 Å². The Balaban J connectivity index is 1.95. The fourth-order valence-electron chi connectivity index (χ4n) is 5.28. The molecule has 0 saturated heterocycles. The van der Waals surface area contributed by atoms with Crippen LogP contribution in [0.2, 0.25) is 0 Å². The van der Waals surface area contributed by atoms with Crippen molar-refractivity contribution in [2.45, 2.75) is 13.3 Å². The van der Waals surface area contributed by atoms with Gasteiger partial charge < -0.3 is 4.57 Å². The Morgan fingerprint density at radius 3 is 1.87 bits per heavy atom. The number of fused-ring (bicyclic) bond motifs is 10. The first kappa shape index (κ1) is 18.5. The van der Waals surface area contributed by atoms with Gasteiger partial charge in [-0.25, -0.2) is 0 Å². The van der Waals surface area contributed by atoms with E-state index < -0.39 is 7.14 Å². The molecule has 0 spiro atoms. The molecule has 1 aliphatic heterocycles. The molecule has 1 atom stereocenters. The van der Waals surface area contributed by atoms with Gasteiger partial charge >= 0.3 is 0 Å². The van der Waals surface area contributed by atoms with Gasteiger partial charge in [-0.2, -0.15) is 0 Å². The average Bonchev–Trinajstić information content (AvgIpc) is 2.92. The molecule has 0 bridgehead atoms. The summed E-state index contributed by atoms with van der Waals surface area (Å²) >= 11 is 0. The van der Waals surface area contributed by atoms with Crippen molar-refractivity contribution >= 4 is 39.3 Å². The maximum absolute atomic E-state index is 14.8. The van der Waals surface area contributed by atoms with Crippen LogP contribution in [0.25, 0.3) is 43.8 Å². The summed E-state index contributed by atoms with van der Waals surface area (Å²) in [5, 5.41) is 6.64. The third-order valence-corrected chi connectivity index (χ3v) is 9.90. The Morgan fingerprint density at radius 2 is 1.23 bits per heavy atom. The Bertz CT molecular complexity index is 1430. The quantitative estimate of drug-likeness (QED) is 0.234. The zero-order valence-corrected chi connectivity index (χ0v) is 18.3. The lowest BCUT2D eigenvalue weighted by Crippen LogP contribution is -2.19. The van der Waals surface area contributed by atoms with Crippen LogP contribution < -0.4 is 10.6 Å². The SMILES string of the molecule is CCCP1(=O)c2ccccc2-c2c(c3ccncc3c3ccccc23)-c2ccccc21. The minimum atomic E-state index is -2.79. The van der Waals surface area contributed by atoms with Crippen molar-refractivity contribution in [2.24, 2.45) is 0 Å². The van der Waals surface area contributed by atoms with Crippen LogP contribution in [0.1, 0.15) is 13.3 Å². The first-order valence-corrected chi connectivity index (χ1v) is 12.7. The van der Waals surface area contributed by atoms with Gasteiger partial charge in [0.2, 0.25) is 0 Å².